The Kier molecular flexibility index (Phi) is 9.77. The van der Waals surface area contributed by atoms with Crippen molar-refractivity contribution in [1.29, 1.82) is 0 Å². The minimum absolute atomic E-state index is 0.0785. The van der Waals surface area contributed by atoms with E-state index in [1.165, 1.54) is 4.90 Å². The van der Waals surface area contributed by atoms with E-state index < -0.39 is 59.6 Å². The molecule has 45 heavy (non-hydrogen) atoms. The minimum atomic E-state index is -1.10. The monoisotopic (exact) mass is 624 g/mol. The van der Waals surface area contributed by atoms with Crippen LogP contribution in [0.5, 0.6) is 0 Å². The molecule has 2 saturated carbocycles. The van der Waals surface area contributed by atoms with Crippen LogP contribution in [-0.4, -0.2) is 90.4 Å². The maximum absolute atomic E-state index is 13.8. The first-order valence-corrected chi connectivity index (χ1v) is 15.7. The molecule has 3 fully saturated rings. The Bertz CT molecular complexity index is 1330. The molecule has 1 aromatic rings. The molecule has 0 aromatic heterocycles. The number of nitrogens with one attached hydrogen (secondary N) is 3. The van der Waals surface area contributed by atoms with E-state index in [1.54, 1.807) is 49.3 Å². The summed E-state index contributed by atoms with van der Waals surface area (Å²) in [5, 5.41) is 7.79. The molecule has 2 aliphatic carbocycles. The van der Waals surface area contributed by atoms with Crippen molar-refractivity contribution in [3.05, 3.63) is 35.9 Å². The van der Waals surface area contributed by atoms with Gasteiger partial charge in [0, 0.05) is 20.6 Å². The maximum Gasteiger partial charge on any atom is 0.290 e. The van der Waals surface area contributed by atoms with Gasteiger partial charge in [-0.15, -0.1) is 0 Å². The van der Waals surface area contributed by atoms with Crippen molar-refractivity contribution in [2.45, 2.75) is 78.0 Å². The Morgan fingerprint density at radius 1 is 1.02 bits per heavy atom. The highest BCUT2D eigenvalue weighted by Crippen LogP contribution is 2.65. The quantitative estimate of drug-likeness (QED) is 0.249. The molecule has 2 unspecified atom stereocenters. The summed E-state index contributed by atoms with van der Waals surface area (Å²) >= 11 is 0. The van der Waals surface area contributed by atoms with Gasteiger partial charge in [-0.1, -0.05) is 77.8 Å². The van der Waals surface area contributed by atoms with E-state index in [1.807, 2.05) is 20.8 Å². The Morgan fingerprint density at radius 3 is 2.20 bits per heavy atom. The Hall–Kier alpha value is -3.80. The van der Waals surface area contributed by atoms with Crippen LogP contribution in [0.2, 0.25) is 0 Å². The molecular weight excluding hydrogens is 576 g/mol. The van der Waals surface area contributed by atoms with E-state index in [4.69, 9.17) is 5.73 Å². The zero-order valence-electron chi connectivity index (χ0n) is 27.4. The van der Waals surface area contributed by atoms with Gasteiger partial charge in [0.25, 0.3) is 5.91 Å². The lowest BCUT2D eigenvalue weighted by Gasteiger charge is -2.36. The smallest absolute Gasteiger partial charge is 0.290 e. The summed E-state index contributed by atoms with van der Waals surface area (Å²) in [7, 11) is 3.15. The van der Waals surface area contributed by atoms with E-state index >= 15 is 0 Å². The molecule has 6 atom stereocenters. The summed E-state index contributed by atoms with van der Waals surface area (Å²) in [6.07, 6.45) is 2.06. The number of carbonyl (C=O) groups excluding carboxylic acids is 6. The Balaban J connectivity index is 1.42. The summed E-state index contributed by atoms with van der Waals surface area (Å²) in [4.78, 5) is 82.0. The molecule has 246 valence electrons. The number of hydrogen-bond donors (Lipinski definition) is 4. The highest BCUT2D eigenvalue weighted by Gasteiger charge is 2.69. The second kappa shape index (κ2) is 12.9. The summed E-state index contributed by atoms with van der Waals surface area (Å²) in [6, 6.07) is 5.03. The van der Waals surface area contributed by atoms with Crippen molar-refractivity contribution in [2.24, 2.45) is 34.3 Å². The highest BCUT2D eigenvalue weighted by atomic mass is 16.2. The number of fused-ring (bicyclic) bond motifs is 1. The third-order valence-corrected chi connectivity index (χ3v) is 9.62. The third-order valence-electron chi connectivity index (χ3n) is 9.62. The van der Waals surface area contributed by atoms with E-state index in [-0.39, 0.29) is 41.4 Å². The predicted octanol–water partition coefficient (Wildman–Crippen LogP) is 0.759. The van der Waals surface area contributed by atoms with E-state index in [0.717, 1.165) is 12.8 Å². The zero-order chi connectivity index (χ0) is 33.4. The van der Waals surface area contributed by atoms with E-state index in [9.17, 15) is 28.8 Å². The van der Waals surface area contributed by atoms with Crippen molar-refractivity contribution in [3.8, 4) is 0 Å². The number of ketones is 1. The van der Waals surface area contributed by atoms with Gasteiger partial charge in [-0.25, -0.2) is 0 Å². The number of hydrogen-bond acceptors (Lipinski definition) is 7. The summed E-state index contributed by atoms with van der Waals surface area (Å²) < 4.78 is 0. The topological polar surface area (TPSA) is 171 Å². The van der Waals surface area contributed by atoms with Crippen LogP contribution in [0, 0.1) is 28.6 Å². The molecule has 0 spiro atoms. The lowest BCUT2D eigenvalue weighted by Crippen LogP contribution is -2.59. The van der Waals surface area contributed by atoms with Crippen LogP contribution in [0.4, 0.5) is 0 Å². The highest BCUT2D eigenvalue weighted by molar-refractivity contribution is 6.38. The fourth-order valence-corrected chi connectivity index (χ4v) is 6.35. The molecule has 12 heteroatoms. The molecule has 1 aliphatic heterocycles. The number of likely N-dealkylation sites (N-methyl/N-ethyl adjacent to an activating group) is 1. The number of benzene rings is 1. The second-order valence-electron chi connectivity index (χ2n) is 14.7. The molecule has 3 aliphatic rings. The summed E-state index contributed by atoms with van der Waals surface area (Å²) in [6.45, 7) is 9.62. The molecule has 1 aromatic carbocycles. The lowest BCUT2D eigenvalue weighted by molar-refractivity contribution is -0.145. The van der Waals surface area contributed by atoms with Gasteiger partial charge >= 0.3 is 0 Å². The summed E-state index contributed by atoms with van der Waals surface area (Å²) in [5.74, 6) is -3.40. The standard InChI is InChI=1S/C33H48N6O6/c1-32(2,3)27(34)31(45)39-17-20-23(33(20,4)5)25(39)28(42)36-21(15-18-13-14-18)26(41)29(43)35-16-22(40)37-24(30(44)38(6)7)19-11-9-8-10-12-19/h8-12,18,20-21,23-25,27H,13-17,34H2,1-7H3,(H,35,43)(H,36,42)(H,37,40)/t20-,21?,23-,24-,25?,27+/m0/s1. The van der Waals surface area contributed by atoms with Gasteiger partial charge in [0.15, 0.2) is 0 Å². The van der Waals surface area contributed by atoms with Crippen LogP contribution < -0.4 is 21.7 Å². The van der Waals surface area contributed by atoms with Crippen molar-refractivity contribution in [3.63, 3.8) is 0 Å². The molecule has 4 rings (SSSR count). The van der Waals surface area contributed by atoms with E-state index in [0.29, 0.717) is 12.1 Å². The lowest BCUT2D eigenvalue weighted by atomic mass is 9.86. The van der Waals surface area contributed by atoms with Crippen LogP contribution in [0.1, 0.15) is 65.5 Å². The fraction of sp³-hybridized carbons (Fsp3) is 0.636. The van der Waals surface area contributed by atoms with E-state index in [2.05, 4.69) is 29.8 Å². The number of amides is 5. The van der Waals surface area contributed by atoms with Gasteiger partial charge < -0.3 is 31.5 Å². The average molecular weight is 625 g/mol. The van der Waals surface area contributed by atoms with Gasteiger partial charge in [0.2, 0.25) is 29.4 Å². The number of Topliss-reactive ketones (excluding diaryl/α,β-unsaturated/α-hetero) is 1. The third kappa shape index (κ3) is 7.54. The van der Waals surface area contributed by atoms with Crippen LogP contribution in [0.3, 0.4) is 0 Å². The maximum atomic E-state index is 13.8. The number of piperidine rings is 1. The number of rotatable bonds is 12. The van der Waals surface area contributed by atoms with Gasteiger partial charge in [0.05, 0.1) is 18.6 Å². The second-order valence-corrected chi connectivity index (χ2v) is 14.7. The predicted molar refractivity (Wildman–Crippen MR) is 167 cm³/mol. The molecule has 0 radical (unpaired) electrons. The molecule has 12 nitrogen and oxygen atoms in total. The fourth-order valence-electron chi connectivity index (χ4n) is 6.35. The SMILES string of the molecule is CN(C)C(=O)[C@@H](NC(=O)CNC(=O)C(=O)C(CC1CC1)NC(=O)C1[C@@H]2[C@H](CN1C(=O)[C@@H](N)C(C)(C)C)C2(C)C)c1ccccc1. The molecule has 5 N–H and O–H groups in total. The number of nitrogens with zero attached hydrogens (tertiary/aromatic N) is 2. The van der Waals surface area contributed by atoms with Crippen LogP contribution in [0.25, 0.3) is 0 Å². The molecule has 0 bridgehead atoms. The normalized spacial score (nSPS) is 23.6. The Morgan fingerprint density at radius 2 is 1.64 bits per heavy atom. The van der Waals surface area contributed by atoms with Crippen molar-refractivity contribution >= 4 is 35.3 Å². The first kappa shape index (κ1) is 34.1. The summed E-state index contributed by atoms with van der Waals surface area (Å²) in [5.41, 5.74) is 6.22. The molecule has 1 heterocycles. The molecular formula is C33H48N6O6. The van der Waals surface area contributed by atoms with Gasteiger partial charge in [-0.3, -0.25) is 28.8 Å². The van der Waals surface area contributed by atoms with Crippen molar-refractivity contribution in [1.82, 2.24) is 25.8 Å². The van der Waals surface area contributed by atoms with Crippen LogP contribution in [0.15, 0.2) is 30.3 Å². The zero-order valence-corrected chi connectivity index (χ0v) is 27.4. The Labute approximate surface area is 265 Å². The molecule has 5 amide bonds. The van der Waals surface area contributed by atoms with Crippen molar-refractivity contribution < 1.29 is 28.8 Å². The first-order chi connectivity index (χ1) is 20.9. The largest absolute Gasteiger partial charge is 0.347 e. The van der Waals surface area contributed by atoms with Gasteiger partial charge in [-0.2, -0.15) is 0 Å². The first-order valence-electron chi connectivity index (χ1n) is 15.7. The van der Waals surface area contributed by atoms with Gasteiger partial charge in [0.1, 0.15) is 12.1 Å². The average Bonchev–Trinajstić information content (AvgIpc) is 3.84. The van der Waals surface area contributed by atoms with Gasteiger partial charge in [-0.05, 0) is 40.6 Å². The number of carbonyl (C=O) groups is 6. The molecule has 1 saturated heterocycles. The number of likely N-dealkylation sites (tertiary alicyclic amines) is 1. The minimum Gasteiger partial charge on any atom is -0.347 e. The van der Waals surface area contributed by atoms with Crippen molar-refractivity contribution in [2.75, 3.05) is 27.2 Å². The number of nitrogens with two attached hydrogens (primary N) is 1. The van der Waals surface area contributed by atoms with Crippen LogP contribution >= 0.6 is 0 Å². The van der Waals surface area contributed by atoms with Crippen LogP contribution in [-0.2, 0) is 28.8 Å².